The van der Waals surface area contributed by atoms with E-state index in [4.69, 9.17) is 4.98 Å². The van der Waals surface area contributed by atoms with Gasteiger partial charge in [-0.1, -0.05) is 80.1 Å². The van der Waals surface area contributed by atoms with E-state index in [1.165, 1.54) is 16.9 Å². The second-order valence-corrected chi connectivity index (χ2v) is 9.57. The Kier molecular flexibility index (Phi) is 5.95. The van der Waals surface area contributed by atoms with E-state index in [0.29, 0.717) is 16.6 Å². The molecule has 3 aromatic carbocycles. The Morgan fingerprint density at radius 2 is 1.65 bits per heavy atom. The van der Waals surface area contributed by atoms with Gasteiger partial charge in [-0.05, 0) is 36.6 Å². The molecule has 0 saturated heterocycles. The van der Waals surface area contributed by atoms with Crippen LogP contribution < -0.4 is 5.32 Å². The Morgan fingerprint density at radius 3 is 2.41 bits per heavy atom. The molecule has 0 unspecified atom stereocenters. The molecule has 0 aliphatic carbocycles. The Morgan fingerprint density at radius 1 is 0.853 bits per heavy atom. The molecule has 5 aromatic rings. The second-order valence-electron chi connectivity index (χ2n) is 8.71. The van der Waals surface area contributed by atoms with Crippen LogP contribution in [0, 0.1) is 6.92 Å². The lowest BCUT2D eigenvalue weighted by atomic mass is 10.0. The Balaban J connectivity index is 1.46. The zero-order valence-electron chi connectivity index (χ0n) is 19.4. The molecular weight excluding hydrogens is 438 g/mol. The number of aromatic nitrogens is 2. The SMILES string of the molecule is Cc1cccc(-c2cc(C(=O)Nc3nc(-c4ccc(C(C)C)cc4)cs3)c3ccccc3n2)c1. The normalized spacial score (nSPS) is 11.2. The molecule has 0 aliphatic rings. The summed E-state index contributed by atoms with van der Waals surface area (Å²) in [5.74, 6) is 0.294. The molecule has 0 aliphatic heterocycles. The van der Waals surface area contributed by atoms with Gasteiger partial charge in [0, 0.05) is 21.9 Å². The lowest BCUT2D eigenvalue weighted by Crippen LogP contribution is -2.13. The van der Waals surface area contributed by atoms with Crippen LogP contribution >= 0.6 is 11.3 Å². The summed E-state index contributed by atoms with van der Waals surface area (Å²) in [6.07, 6.45) is 0. The number of carbonyl (C=O) groups excluding carboxylic acids is 1. The number of hydrogen-bond acceptors (Lipinski definition) is 4. The molecule has 0 fully saturated rings. The van der Waals surface area contributed by atoms with Crippen LogP contribution in [0.15, 0.2) is 84.2 Å². The van der Waals surface area contributed by atoms with Crippen LogP contribution in [0.25, 0.3) is 33.4 Å². The second kappa shape index (κ2) is 9.20. The number of rotatable bonds is 5. The number of pyridine rings is 1. The average molecular weight is 464 g/mol. The van der Waals surface area contributed by atoms with Crippen molar-refractivity contribution in [1.82, 2.24) is 9.97 Å². The van der Waals surface area contributed by atoms with E-state index >= 15 is 0 Å². The van der Waals surface area contributed by atoms with Crippen LogP contribution in [-0.4, -0.2) is 15.9 Å². The predicted octanol–water partition coefficient (Wildman–Crippen LogP) is 7.71. The number of anilines is 1. The van der Waals surface area contributed by atoms with Crippen molar-refractivity contribution in [3.63, 3.8) is 0 Å². The molecule has 5 heteroatoms. The summed E-state index contributed by atoms with van der Waals surface area (Å²) >= 11 is 1.43. The Hall–Kier alpha value is -3.83. The lowest BCUT2D eigenvalue weighted by Gasteiger charge is -2.10. The number of nitrogens with one attached hydrogen (secondary N) is 1. The first-order valence-corrected chi connectivity index (χ1v) is 12.2. The molecule has 2 aromatic heterocycles. The highest BCUT2D eigenvalue weighted by Gasteiger charge is 2.16. The molecule has 0 bridgehead atoms. The van der Waals surface area contributed by atoms with Gasteiger partial charge in [-0.3, -0.25) is 10.1 Å². The number of aryl methyl sites for hydroxylation is 1. The standard InChI is InChI=1S/C29H25N3OS/c1-18(2)20-11-13-21(14-12-20)27-17-34-29(31-27)32-28(33)24-16-26(22-8-6-7-19(3)15-22)30-25-10-5-4-9-23(24)25/h4-18H,1-3H3,(H,31,32,33). The molecule has 0 radical (unpaired) electrons. The van der Waals surface area contributed by atoms with E-state index in [1.807, 2.05) is 47.8 Å². The highest BCUT2D eigenvalue weighted by molar-refractivity contribution is 7.14. The van der Waals surface area contributed by atoms with E-state index in [2.05, 4.69) is 67.5 Å². The fourth-order valence-corrected chi connectivity index (χ4v) is 4.70. The number of fused-ring (bicyclic) bond motifs is 1. The maximum Gasteiger partial charge on any atom is 0.258 e. The number of thiazole rings is 1. The summed E-state index contributed by atoms with van der Waals surface area (Å²) in [5.41, 5.74) is 7.47. The molecule has 168 valence electrons. The molecule has 2 heterocycles. The minimum Gasteiger partial charge on any atom is -0.298 e. The van der Waals surface area contributed by atoms with Crippen molar-refractivity contribution in [1.29, 1.82) is 0 Å². The van der Waals surface area contributed by atoms with E-state index in [9.17, 15) is 4.79 Å². The third-order valence-electron chi connectivity index (χ3n) is 5.87. The van der Waals surface area contributed by atoms with Gasteiger partial charge in [0.25, 0.3) is 5.91 Å². The highest BCUT2D eigenvalue weighted by Crippen LogP contribution is 2.29. The van der Waals surface area contributed by atoms with Crippen molar-refractivity contribution in [2.45, 2.75) is 26.7 Å². The first kappa shape index (κ1) is 22.0. The molecule has 0 atom stereocenters. The first-order chi connectivity index (χ1) is 16.5. The molecule has 0 spiro atoms. The summed E-state index contributed by atoms with van der Waals surface area (Å²) in [6.45, 7) is 6.41. The summed E-state index contributed by atoms with van der Waals surface area (Å²) in [7, 11) is 0. The molecule has 1 N–H and O–H groups in total. The largest absolute Gasteiger partial charge is 0.298 e. The molecule has 1 amide bonds. The van der Waals surface area contributed by atoms with Crippen LogP contribution in [0.3, 0.4) is 0 Å². The zero-order chi connectivity index (χ0) is 23.7. The van der Waals surface area contributed by atoms with Crippen LogP contribution in [0.2, 0.25) is 0 Å². The van der Waals surface area contributed by atoms with Crippen LogP contribution in [0.5, 0.6) is 0 Å². The van der Waals surface area contributed by atoms with Gasteiger partial charge in [-0.25, -0.2) is 9.97 Å². The van der Waals surface area contributed by atoms with Gasteiger partial charge in [-0.15, -0.1) is 11.3 Å². The summed E-state index contributed by atoms with van der Waals surface area (Å²) in [4.78, 5) is 22.8. The van der Waals surface area contributed by atoms with Gasteiger partial charge in [-0.2, -0.15) is 0 Å². The maximum absolute atomic E-state index is 13.4. The number of nitrogens with zero attached hydrogens (tertiary/aromatic N) is 2. The molecule has 5 rings (SSSR count). The number of hydrogen-bond donors (Lipinski definition) is 1. The predicted molar refractivity (Wildman–Crippen MR) is 142 cm³/mol. The van der Waals surface area contributed by atoms with Crippen molar-refractivity contribution in [3.8, 4) is 22.5 Å². The maximum atomic E-state index is 13.4. The fourth-order valence-electron chi connectivity index (χ4n) is 3.98. The summed E-state index contributed by atoms with van der Waals surface area (Å²) in [5, 5.41) is 6.37. The summed E-state index contributed by atoms with van der Waals surface area (Å²) < 4.78 is 0. The summed E-state index contributed by atoms with van der Waals surface area (Å²) in [6, 6.07) is 26.2. The van der Waals surface area contributed by atoms with E-state index < -0.39 is 0 Å². The average Bonchev–Trinajstić information content (AvgIpc) is 3.31. The number of carbonyl (C=O) groups is 1. The number of benzene rings is 3. The third kappa shape index (κ3) is 4.47. The quantitative estimate of drug-likeness (QED) is 0.290. The van der Waals surface area contributed by atoms with Crippen molar-refractivity contribution in [2.24, 2.45) is 0 Å². The minimum atomic E-state index is -0.191. The van der Waals surface area contributed by atoms with Gasteiger partial charge in [0.2, 0.25) is 0 Å². The third-order valence-corrected chi connectivity index (χ3v) is 6.63. The van der Waals surface area contributed by atoms with Crippen molar-refractivity contribution in [2.75, 3.05) is 5.32 Å². The number of amides is 1. The Labute approximate surface area is 203 Å². The van der Waals surface area contributed by atoms with E-state index in [0.717, 1.165) is 39.0 Å². The minimum absolute atomic E-state index is 0.191. The van der Waals surface area contributed by atoms with E-state index in [1.54, 1.807) is 0 Å². The molecule has 34 heavy (non-hydrogen) atoms. The van der Waals surface area contributed by atoms with Gasteiger partial charge in [0.05, 0.1) is 22.5 Å². The van der Waals surface area contributed by atoms with Crippen LogP contribution in [0.4, 0.5) is 5.13 Å². The first-order valence-electron chi connectivity index (χ1n) is 11.3. The monoisotopic (exact) mass is 463 g/mol. The van der Waals surface area contributed by atoms with Gasteiger partial charge >= 0.3 is 0 Å². The lowest BCUT2D eigenvalue weighted by molar-refractivity contribution is 0.102. The number of para-hydroxylation sites is 1. The van der Waals surface area contributed by atoms with Crippen LogP contribution in [-0.2, 0) is 0 Å². The van der Waals surface area contributed by atoms with Gasteiger partial charge in [0.1, 0.15) is 0 Å². The van der Waals surface area contributed by atoms with Crippen molar-refractivity contribution >= 4 is 33.3 Å². The fraction of sp³-hybridized carbons (Fsp3) is 0.138. The van der Waals surface area contributed by atoms with Crippen LogP contribution in [0.1, 0.15) is 41.3 Å². The van der Waals surface area contributed by atoms with Gasteiger partial charge in [0.15, 0.2) is 5.13 Å². The molecular formula is C29H25N3OS. The topological polar surface area (TPSA) is 54.9 Å². The van der Waals surface area contributed by atoms with E-state index in [-0.39, 0.29) is 5.91 Å². The van der Waals surface area contributed by atoms with Gasteiger partial charge < -0.3 is 0 Å². The molecule has 0 saturated carbocycles. The Bertz CT molecular complexity index is 1490. The zero-order valence-corrected chi connectivity index (χ0v) is 20.2. The smallest absolute Gasteiger partial charge is 0.258 e. The van der Waals surface area contributed by atoms with Crippen molar-refractivity contribution in [3.05, 3.63) is 101 Å². The molecule has 4 nitrogen and oxygen atoms in total. The highest BCUT2D eigenvalue weighted by atomic mass is 32.1. The van der Waals surface area contributed by atoms with Crippen molar-refractivity contribution < 1.29 is 4.79 Å².